The van der Waals surface area contributed by atoms with Crippen molar-refractivity contribution in [3.05, 3.63) is 29.8 Å². The molecule has 1 fully saturated rings. The quantitative estimate of drug-likeness (QED) is 0.622. The summed E-state index contributed by atoms with van der Waals surface area (Å²) in [5, 5.41) is 3.06. The van der Waals surface area contributed by atoms with Crippen LogP contribution in [0.3, 0.4) is 0 Å². The van der Waals surface area contributed by atoms with E-state index in [-0.39, 0.29) is 29.3 Å². The molecule has 9 heteroatoms. The lowest BCUT2D eigenvalue weighted by Gasteiger charge is -2.19. The van der Waals surface area contributed by atoms with Gasteiger partial charge in [-0.2, -0.15) is 0 Å². The summed E-state index contributed by atoms with van der Waals surface area (Å²) in [4.78, 5) is 16.6. The van der Waals surface area contributed by atoms with Crippen LogP contribution < -0.4 is 15.8 Å². The smallest absolute Gasteiger partial charge is 0.263 e. The molecular weight excluding hydrogens is 376 g/mol. The Labute approximate surface area is 160 Å². The number of carbonyl (C=O) groups is 1. The lowest BCUT2D eigenvalue weighted by Crippen LogP contribution is -2.39. The minimum absolute atomic E-state index is 0. The largest absolute Gasteiger partial charge is 0.353 e. The summed E-state index contributed by atoms with van der Waals surface area (Å²) in [6.45, 7) is 1.00. The third-order valence-corrected chi connectivity index (χ3v) is 6.20. The number of benzene rings is 1. The van der Waals surface area contributed by atoms with Crippen LogP contribution >= 0.6 is 12.4 Å². The highest BCUT2D eigenvalue weighted by Crippen LogP contribution is 2.25. The van der Waals surface area contributed by atoms with Crippen LogP contribution in [0.15, 0.2) is 34.2 Å². The summed E-state index contributed by atoms with van der Waals surface area (Å²) in [6.07, 6.45) is 4.13. The zero-order valence-electron chi connectivity index (χ0n) is 14.5. The van der Waals surface area contributed by atoms with Crippen LogP contribution in [0.5, 0.6) is 0 Å². The summed E-state index contributed by atoms with van der Waals surface area (Å²) in [5.41, 5.74) is 6.31. The van der Waals surface area contributed by atoms with E-state index in [1.54, 1.807) is 24.3 Å². The lowest BCUT2D eigenvalue weighted by atomic mass is 10.0. The predicted molar refractivity (Wildman–Crippen MR) is 103 cm³/mol. The second-order valence-electron chi connectivity index (χ2n) is 6.54. The van der Waals surface area contributed by atoms with Crippen LogP contribution in [0.25, 0.3) is 0 Å². The van der Waals surface area contributed by atoms with Crippen molar-refractivity contribution >= 4 is 34.2 Å². The SMILES string of the molecule is Cl.NCC1CCCC1NC(=O)CCCN=C1NS(=O)(=O)c2ccccc21. The Bertz CT molecular complexity index is 782. The van der Waals surface area contributed by atoms with Crippen molar-refractivity contribution in [2.75, 3.05) is 13.1 Å². The van der Waals surface area contributed by atoms with E-state index in [9.17, 15) is 13.2 Å². The number of nitrogens with two attached hydrogens (primary N) is 1. The Morgan fingerprint density at radius 3 is 2.85 bits per heavy atom. The average Bonchev–Trinajstić information content (AvgIpc) is 3.14. The maximum atomic E-state index is 12.0. The van der Waals surface area contributed by atoms with Crippen LogP contribution in [-0.4, -0.2) is 39.3 Å². The second kappa shape index (κ2) is 8.83. The predicted octanol–water partition coefficient (Wildman–Crippen LogP) is 1.17. The summed E-state index contributed by atoms with van der Waals surface area (Å²) in [5.74, 6) is 0.751. The molecule has 2 atom stereocenters. The molecule has 2 aliphatic rings. The van der Waals surface area contributed by atoms with E-state index in [1.165, 1.54) is 0 Å². The molecule has 26 heavy (non-hydrogen) atoms. The molecule has 144 valence electrons. The standard InChI is InChI=1S/C17H24N4O3S.ClH/c18-11-12-5-3-7-14(12)20-16(22)9-4-10-19-17-13-6-1-2-8-15(13)25(23,24)21-17;/h1-2,6,8,12,14H,3-5,7,9-11,18H2,(H,19,21)(H,20,22);1H. The van der Waals surface area contributed by atoms with E-state index >= 15 is 0 Å². The number of hydrogen-bond acceptors (Lipinski definition) is 5. The number of hydrogen-bond donors (Lipinski definition) is 3. The van der Waals surface area contributed by atoms with Gasteiger partial charge in [-0.1, -0.05) is 18.6 Å². The van der Waals surface area contributed by atoms with Gasteiger partial charge in [0.1, 0.15) is 5.84 Å². The van der Waals surface area contributed by atoms with Gasteiger partial charge in [0.05, 0.1) is 4.90 Å². The zero-order chi connectivity index (χ0) is 17.9. The lowest BCUT2D eigenvalue weighted by molar-refractivity contribution is -0.122. The van der Waals surface area contributed by atoms with E-state index in [2.05, 4.69) is 15.0 Å². The molecule has 0 bridgehead atoms. The Hall–Kier alpha value is -1.64. The number of nitrogens with zero attached hydrogens (tertiary/aromatic N) is 1. The van der Waals surface area contributed by atoms with Gasteiger partial charge in [0, 0.05) is 24.6 Å². The highest BCUT2D eigenvalue weighted by molar-refractivity contribution is 7.90. The van der Waals surface area contributed by atoms with Crippen LogP contribution in [0.1, 0.15) is 37.7 Å². The van der Waals surface area contributed by atoms with Crippen molar-refractivity contribution in [3.8, 4) is 0 Å². The third kappa shape index (κ3) is 4.55. The minimum atomic E-state index is -3.50. The minimum Gasteiger partial charge on any atom is -0.353 e. The maximum absolute atomic E-state index is 12.0. The van der Waals surface area contributed by atoms with E-state index in [4.69, 9.17) is 5.73 Å². The molecule has 0 saturated heterocycles. The fraction of sp³-hybridized carbons (Fsp3) is 0.529. The molecule has 0 aromatic heterocycles. The summed E-state index contributed by atoms with van der Waals surface area (Å²) >= 11 is 0. The Morgan fingerprint density at radius 2 is 2.08 bits per heavy atom. The third-order valence-electron chi connectivity index (χ3n) is 4.80. The molecule has 1 aliphatic heterocycles. The molecule has 0 radical (unpaired) electrons. The number of aliphatic imine (C=N–C) groups is 1. The maximum Gasteiger partial charge on any atom is 0.263 e. The van der Waals surface area contributed by atoms with Gasteiger partial charge >= 0.3 is 0 Å². The molecule has 1 heterocycles. The van der Waals surface area contributed by atoms with Gasteiger partial charge in [-0.05, 0) is 43.9 Å². The normalized spacial score (nSPS) is 24.6. The van der Waals surface area contributed by atoms with Gasteiger partial charge in [-0.3, -0.25) is 14.5 Å². The Morgan fingerprint density at radius 1 is 1.31 bits per heavy atom. The molecule has 3 rings (SSSR count). The molecule has 2 unspecified atom stereocenters. The molecule has 1 aromatic carbocycles. The first-order valence-corrected chi connectivity index (χ1v) is 10.2. The van der Waals surface area contributed by atoms with Crippen molar-refractivity contribution in [2.45, 2.75) is 43.0 Å². The van der Waals surface area contributed by atoms with Gasteiger partial charge in [-0.25, -0.2) is 8.42 Å². The topological polar surface area (TPSA) is 114 Å². The number of nitrogens with one attached hydrogen (secondary N) is 2. The molecular formula is C17H25ClN4O3S. The van der Waals surface area contributed by atoms with Gasteiger partial charge < -0.3 is 11.1 Å². The molecule has 1 amide bonds. The van der Waals surface area contributed by atoms with Crippen molar-refractivity contribution in [1.29, 1.82) is 0 Å². The summed E-state index contributed by atoms with van der Waals surface area (Å²) < 4.78 is 26.4. The Balaban J connectivity index is 0.00000243. The van der Waals surface area contributed by atoms with Crippen molar-refractivity contribution in [3.63, 3.8) is 0 Å². The van der Waals surface area contributed by atoms with E-state index in [0.717, 1.165) is 19.3 Å². The highest BCUT2D eigenvalue weighted by Gasteiger charge is 2.30. The zero-order valence-corrected chi connectivity index (χ0v) is 16.1. The first kappa shape index (κ1) is 20.7. The fourth-order valence-electron chi connectivity index (χ4n) is 3.47. The number of fused-ring (bicyclic) bond motifs is 1. The van der Waals surface area contributed by atoms with Gasteiger partial charge in [0.2, 0.25) is 5.91 Å². The molecule has 1 aromatic rings. The van der Waals surface area contributed by atoms with Crippen molar-refractivity contribution in [2.24, 2.45) is 16.6 Å². The Kier molecular flexibility index (Phi) is 7.02. The first-order valence-electron chi connectivity index (χ1n) is 8.67. The van der Waals surface area contributed by atoms with Crippen LogP contribution in [0.4, 0.5) is 0 Å². The average molecular weight is 401 g/mol. The van der Waals surface area contributed by atoms with Gasteiger partial charge in [-0.15, -0.1) is 12.4 Å². The van der Waals surface area contributed by atoms with Crippen LogP contribution in [-0.2, 0) is 14.8 Å². The van der Waals surface area contributed by atoms with Gasteiger partial charge in [0.15, 0.2) is 0 Å². The monoisotopic (exact) mass is 400 g/mol. The summed E-state index contributed by atoms with van der Waals surface area (Å²) in [7, 11) is -3.50. The number of carbonyl (C=O) groups excluding carboxylic acids is 1. The van der Waals surface area contributed by atoms with Crippen LogP contribution in [0, 0.1) is 5.92 Å². The number of halogens is 1. The molecule has 7 nitrogen and oxygen atoms in total. The van der Waals surface area contributed by atoms with Crippen molar-refractivity contribution < 1.29 is 13.2 Å². The molecule has 0 spiro atoms. The second-order valence-corrected chi connectivity index (χ2v) is 8.19. The van der Waals surface area contributed by atoms with Crippen LogP contribution in [0.2, 0.25) is 0 Å². The highest BCUT2D eigenvalue weighted by atomic mass is 35.5. The number of amides is 1. The van der Waals surface area contributed by atoms with E-state index in [0.29, 0.717) is 43.2 Å². The molecule has 1 aliphatic carbocycles. The van der Waals surface area contributed by atoms with Crippen molar-refractivity contribution in [1.82, 2.24) is 10.0 Å². The van der Waals surface area contributed by atoms with E-state index < -0.39 is 10.0 Å². The van der Waals surface area contributed by atoms with E-state index in [1.807, 2.05) is 0 Å². The fourth-order valence-corrected chi connectivity index (χ4v) is 4.72. The molecule has 4 N–H and O–H groups in total. The number of rotatable bonds is 6. The summed E-state index contributed by atoms with van der Waals surface area (Å²) in [6, 6.07) is 6.94. The first-order chi connectivity index (χ1) is 12.0. The number of amidine groups is 1. The van der Waals surface area contributed by atoms with Gasteiger partial charge in [0.25, 0.3) is 10.0 Å². The molecule has 1 saturated carbocycles. The number of sulfonamides is 1.